The molecule has 1 aromatic rings. The Bertz CT molecular complexity index is 462. The molecule has 0 radical (unpaired) electrons. The van der Waals surface area contributed by atoms with Gasteiger partial charge in [0.25, 0.3) is 5.91 Å². The summed E-state index contributed by atoms with van der Waals surface area (Å²) >= 11 is 1.39. The van der Waals surface area contributed by atoms with Crippen LogP contribution in [0.1, 0.15) is 42.2 Å². The number of nitrogens with zero attached hydrogens (tertiary/aromatic N) is 2. The lowest BCUT2D eigenvalue weighted by atomic mass is 10.4. The van der Waals surface area contributed by atoms with Crippen LogP contribution in [-0.4, -0.2) is 48.5 Å². The van der Waals surface area contributed by atoms with Crippen molar-refractivity contribution in [1.82, 2.24) is 15.2 Å². The van der Waals surface area contributed by atoms with Crippen LogP contribution >= 0.6 is 11.3 Å². The van der Waals surface area contributed by atoms with E-state index in [-0.39, 0.29) is 18.4 Å². The van der Waals surface area contributed by atoms with Crippen molar-refractivity contribution in [3.05, 3.63) is 16.1 Å². The fourth-order valence-corrected chi connectivity index (χ4v) is 2.55. The van der Waals surface area contributed by atoms with Gasteiger partial charge in [-0.05, 0) is 12.8 Å². The summed E-state index contributed by atoms with van der Waals surface area (Å²) in [6.07, 6.45) is 1.75. The molecule has 0 aliphatic heterocycles. The first-order valence-electron chi connectivity index (χ1n) is 7.11. The Hall–Kier alpha value is -1.47. The van der Waals surface area contributed by atoms with Gasteiger partial charge in [0.05, 0.1) is 6.54 Å². The molecule has 0 saturated carbocycles. The number of nitrogens with one attached hydrogen (secondary N) is 1. The van der Waals surface area contributed by atoms with E-state index in [1.807, 2.05) is 13.8 Å². The summed E-state index contributed by atoms with van der Waals surface area (Å²) < 4.78 is 4.88. The van der Waals surface area contributed by atoms with E-state index in [4.69, 9.17) is 4.74 Å². The fourth-order valence-electron chi connectivity index (χ4n) is 1.76. The molecule has 1 N–H and O–H groups in total. The molecule has 0 atom stereocenters. The highest BCUT2D eigenvalue weighted by atomic mass is 32.1. The number of methoxy groups -OCH3 is 1. The van der Waals surface area contributed by atoms with Crippen LogP contribution in [0.25, 0.3) is 0 Å². The van der Waals surface area contributed by atoms with Crippen LogP contribution in [0.3, 0.4) is 0 Å². The summed E-state index contributed by atoms with van der Waals surface area (Å²) in [6, 6.07) is 0. The predicted octanol–water partition coefficient (Wildman–Crippen LogP) is 1.67. The largest absolute Gasteiger partial charge is 0.375 e. The summed E-state index contributed by atoms with van der Waals surface area (Å²) in [4.78, 5) is 29.7. The van der Waals surface area contributed by atoms with E-state index in [9.17, 15) is 9.59 Å². The van der Waals surface area contributed by atoms with Crippen LogP contribution in [0.2, 0.25) is 0 Å². The van der Waals surface area contributed by atoms with E-state index >= 15 is 0 Å². The Kier molecular flexibility index (Phi) is 7.92. The normalized spacial score (nSPS) is 10.4. The highest BCUT2D eigenvalue weighted by Gasteiger charge is 2.16. The van der Waals surface area contributed by atoms with Crippen molar-refractivity contribution in [2.75, 3.05) is 26.8 Å². The summed E-state index contributed by atoms with van der Waals surface area (Å²) in [5.41, 5.74) is 0.416. The minimum absolute atomic E-state index is 0.0634. The second-order valence-corrected chi connectivity index (χ2v) is 5.57. The molecule has 7 heteroatoms. The average Bonchev–Trinajstić information content (AvgIpc) is 2.93. The maximum Gasteiger partial charge on any atom is 0.270 e. The Morgan fingerprint density at radius 2 is 2.14 bits per heavy atom. The lowest BCUT2D eigenvalue weighted by Crippen LogP contribution is -2.34. The number of hydrogen-bond acceptors (Lipinski definition) is 5. The van der Waals surface area contributed by atoms with E-state index in [2.05, 4.69) is 10.3 Å². The van der Waals surface area contributed by atoms with Crippen molar-refractivity contribution < 1.29 is 14.3 Å². The monoisotopic (exact) mass is 313 g/mol. The molecule has 0 unspecified atom stereocenters. The predicted molar refractivity (Wildman–Crippen MR) is 82.3 cm³/mol. The SMILES string of the molecule is CCCNC(=O)c1csc(CN(CCC)C(=O)COC)n1. The van der Waals surface area contributed by atoms with Gasteiger partial charge in [-0.3, -0.25) is 9.59 Å². The van der Waals surface area contributed by atoms with Crippen molar-refractivity contribution in [3.63, 3.8) is 0 Å². The molecule has 6 nitrogen and oxygen atoms in total. The van der Waals surface area contributed by atoms with Crippen molar-refractivity contribution >= 4 is 23.2 Å². The maximum atomic E-state index is 11.9. The van der Waals surface area contributed by atoms with E-state index < -0.39 is 0 Å². The van der Waals surface area contributed by atoms with E-state index in [0.29, 0.717) is 25.3 Å². The average molecular weight is 313 g/mol. The van der Waals surface area contributed by atoms with Crippen LogP contribution in [0, 0.1) is 0 Å². The molecule has 2 amide bonds. The first kappa shape index (κ1) is 17.6. The topological polar surface area (TPSA) is 71.5 Å². The van der Waals surface area contributed by atoms with Gasteiger partial charge in [-0.25, -0.2) is 4.98 Å². The maximum absolute atomic E-state index is 11.9. The molecule has 0 aliphatic carbocycles. The lowest BCUT2D eigenvalue weighted by molar-refractivity contribution is -0.135. The van der Waals surface area contributed by atoms with Crippen molar-refractivity contribution in [1.29, 1.82) is 0 Å². The first-order valence-corrected chi connectivity index (χ1v) is 7.99. The lowest BCUT2D eigenvalue weighted by Gasteiger charge is -2.20. The van der Waals surface area contributed by atoms with Crippen molar-refractivity contribution in [2.45, 2.75) is 33.2 Å². The van der Waals surface area contributed by atoms with Gasteiger partial charge in [0, 0.05) is 25.6 Å². The minimum atomic E-state index is -0.162. The van der Waals surface area contributed by atoms with Crippen LogP contribution < -0.4 is 5.32 Å². The quantitative estimate of drug-likeness (QED) is 0.753. The Labute approximate surface area is 129 Å². The number of carbonyl (C=O) groups excluding carboxylic acids is 2. The third-order valence-corrected chi connectivity index (χ3v) is 3.59. The molecular weight excluding hydrogens is 290 g/mol. The van der Waals surface area contributed by atoms with Crippen LogP contribution in [0.15, 0.2) is 5.38 Å². The highest BCUT2D eigenvalue weighted by Crippen LogP contribution is 2.13. The molecule has 0 saturated heterocycles. The van der Waals surface area contributed by atoms with Gasteiger partial charge < -0.3 is 15.0 Å². The third kappa shape index (κ3) is 5.81. The third-order valence-electron chi connectivity index (χ3n) is 2.76. The number of ether oxygens (including phenoxy) is 1. The van der Waals surface area contributed by atoms with Gasteiger partial charge in [-0.2, -0.15) is 0 Å². The molecule has 0 bridgehead atoms. The van der Waals surface area contributed by atoms with E-state index in [1.165, 1.54) is 18.4 Å². The van der Waals surface area contributed by atoms with Gasteiger partial charge in [-0.15, -0.1) is 11.3 Å². The number of rotatable bonds is 9. The number of carbonyl (C=O) groups is 2. The Morgan fingerprint density at radius 3 is 2.76 bits per heavy atom. The van der Waals surface area contributed by atoms with E-state index in [1.54, 1.807) is 10.3 Å². The zero-order chi connectivity index (χ0) is 15.7. The minimum Gasteiger partial charge on any atom is -0.375 e. The van der Waals surface area contributed by atoms with Crippen molar-refractivity contribution in [2.24, 2.45) is 0 Å². The molecule has 0 spiro atoms. The Balaban J connectivity index is 2.65. The van der Waals surface area contributed by atoms with Gasteiger partial charge in [0.1, 0.15) is 17.3 Å². The molecule has 1 rings (SSSR count). The molecule has 118 valence electrons. The van der Waals surface area contributed by atoms with Crippen LogP contribution in [0.5, 0.6) is 0 Å². The Morgan fingerprint density at radius 1 is 1.38 bits per heavy atom. The van der Waals surface area contributed by atoms with Crippen LogP contribution in [0.4, 0.5) is 0 Å². The van der Waals surface area contributed by atoms with Gasteiger partial charge in [0.15, 0.2) is 0 Å². The molecular formula is C14H23N3O3S. The van der Waals surface area contributed by atoms with Crippen molar-refractivity contribution in [3.8, 4) is 0 Å². The summed E-state index contributed by atoms with van der Waals surface area (Å²) in [7, 11) is 1.50. The number of thiazole rings is 1. The van der Waals surface area contributed by atoms with Gasteiger partial charge in [-0.1, -0.05) is 13.8 Å². The summed E-state index contributed by atoms with van der Waals surface area (Å²) in [6.45, 7) is 5.78. The first-order chi connectivity index (χ1) is 10.1. The molecule has 1 aromatic heterocycles. The zero-order valence-electron chi connectivity index (χ0n) is 12.8. The number of hydrogen-bond donors (Lipinski definition) is 1. The molecule has 0 aliphatic rings. The molecule has 0 aromatic carbocycles. The number of amides is 2. The van der Waals surface area contributed by atoms with Gasteiger partial charge in [0.2, 0.25) is 5.91 Å². The molecule has 1 heterocycles. The fraction of sp³-hybridized carbons (Fsp3) is 0.643. The van der Waals surface area contributed by atoms with Crippen LogP contribution in [-0.2, 0) is 16.1 Å². The smallest absolute Gasteiger partial charge is 0.270 e. The van der Waals surface area contributed by atoms with E-state index in [0.717, 1.165) is 17.8 Å². The van der Waals surface area contributed by atoms with Gasteiger partial charge >= 0.3 is 0 Å². The second-order valence-electron chi connectivity index (χ2n) is 4.63. The standard InChI is InChI=1S/C14H23N3O3S/c1-4-6-15-14(19)11-10-21-12(16-11)8-17(7-5-2)13(18)9-20-3/h10H,4-9H2,1-3H3,(H,15,19). The number of aromatic nitrogens is 1. The molecule has 21 heavy (non-hydrogen) atoms. The second kappa shape index (κ2) is 9.46. The summed E-state index contributed by atoms with van der Waals surface area (Å²) in [5, 5.41) is 5.27. The molecule has 0 fully saturated rings. The zero-order valence-corrected chi connectivity index (χ0v) is 13.7. The summed E-state index contributed by atoms with van der Waals surface area (Å²) in [5.74, 6) is -0.226. The highest BCUT2D eigenvalue weighted by molar-refractivity contribution is 7.09.